The topological polar surface area (TPSA) is 81.0 Å². The zero-order valence-electron chi connectivity index (χ0n) is 15.3. The Labute approximate surface area is 161 Å². The van der Waals surface area contributed by atoms with E-state index in [1.807, 2.05) is 36.4 Å². The third-order valence-corrected chi connectivity index (χ3v) is 5.80. The normalized spacial score (nSPS) is 30.0. The highest BCUT2D eigenvalue weighted by Gasteiger charge is 2.67. The molecule has 144 valence electrons. The minimum absolute atomic E-state index is 0.0878. The highest BCUT2D eigenvalue weighted by Crippen LogP contribution is 2.52. The van der Waals surface area contributed by atoms with Crippen LogP contribution in [0.1, 0.15) is 5.76 Å². The van der Waals surface area contributed by atoms with Crippen LogP contribution in [0.15, 0.2) is 59.2 Å². The molecule has 2 bridgehead atoms. The molecule has 0 aliphatic carbocycles. The number of carbonyl (C=O) groups excluding carboxylic acids is 2. The van der Waals surface area contributed by atoms with E-state index in [0.717, 1.165) is 11.4 Å². The van der Waals surface area contributed by atoms with Crippen molar-refractivity contribution in [1.29, 1.82) is 0 Å². The minimum Gasteiger partial charge on any atom is -0.497 e. The summed E-state index contributed by atoms with van der Waals surface area (Å²) in [5.74, 6) is 0.0379. The molecular weight excluding hydrogens is 360 g/mol. The average Bonchev–Trinajstić information content (AvgIpc) is 3.48. The van der Waals surface area contributed by atoms with Gasteiger partial charge in [0.15, 0.2) is 0 Å². The van der Waals surface area contributed by atoms with Crippen LogP contribution in [0.3, 0.4) is 0 Å². The SMILES string of the molecule is COc1ccc(N2CC34C=C[C@@H](O3)C(C(=O)NCc3ccco3)C4C2=O)cc1. The summed E-state index contributed by atoms with van der Waals surface area (Å²) in [6, 6.07) is 10.9. The summed E-state index contributed by atoms with van der Waals surface area (Å²) in [5, 5.41) is 2.88. The second kappa shape index (κ2) is 6.24. The molecule has 1 N–H and O–H groups in total. The first-order chi connectivity index (χ1) is 13.6. The number of nitrogens with zero attached hydrogens (tertiary/aromatic N) is 1. The van der Waals surface area contributed by atoms with Crippen LogP contribution in [0.4, 0.5) is 5.69 Å². The van der Waals surface area contributed by atoms with Gasteiger partial charge in [-0.25, -0.2) is 0 Å². The molecule has 4 atom stereocenters. The van der Waals surface area contributed by atoms with Gasteiger partial charge in [0.2, 0.25) is 11.8 Å². The number of anilines is 1. The van der Waals surface area contributed by atoms with Crippen molar-refractivity contribution in [2.45, 2.75) is 18.2 Å². The Bertz CT molecular complexity index is 936. The van der Waals surface area contributed by atoms with E-state index in [1.165, 1.54) is 0 Å². The van der Waals surface area contributed by atoms with Crippen molar-refractivity contribution in [3.8, 4) is 5.75 Å². The average molecular weight is 380 g/mol. The molecule has 1 spiro atoms. The van der Waals surface area contributed by atoms with E-state index < -0.39 is 17.4 Å². The minimum atomic E-state index is -0.742. The monoisotopic (exact) mass is 380 g/mol. The highest BCUT2D eigenvalue weighted by molar-refractivity contribution is 6.03. The lowest BCUT2D eigenvalue weighted by Crippen LogP contribution is -2.43. The van der Waals surface area contributed by atoms with Crippen LogP contribution >= 0.6 is 0 Å². The first kappa shape index (κ1) is 17.1. The van der Waals surface area contributed by atoms with Gasteiger partial charge in [-0.15, -0.1) is 0 Å². The predicted molar refractivity (Wildman–Crippen MR) is 99.6 cm³/mol. The van der Waals surface area contributed by atoms with Crippen molar-refractivity contribution in [3.63, 3.8) is 0 Å². The van der Waals surface area contributed by atoms with E-state index in [9.17, 15) is 9.59 Å². The van der Waals surface area contributed by atoms with Gasteiger partial charge in [0.05, 0.1) is 44.4 Å². The van der Waals surface area contributed by atoms with Crippen LogP contribution in [0.5, 0.6) is 5.75 Å². The van der Waals surface area contributed by atoms with Crippen molar-refractivity contribution in [2.24, 2.45) is 11.8 Å². The maximum atomic E-state index is 13.3. The Morgan fingerprint density at radius 3 is 2.86 bits per heavy atom. The zero-order valence-corrected chi connectivity index (χ0v) is 15.3. The molecule has 2 fully saturated rings. The molecule has 28 heavy (non-hydrogen) atoms. The molecular formula is C21H20N2O5. The quantitative estimate of drug-likeness (QED) is 0.802. The van der Waals surface area contributed by atoms with Crippen LogP contribution in [0, 0.1) is 11.8 Å². The van der Waals surface area contributed by atoms with E-state index in [2.05, 4.69) is 5.32 Å². The molecule has 7 nitrogen and oxygen atoms in total. The number of rotatable bonds is 5. The Kier molecular flexibility index (Phi) is 3.80. The third-order valence-electron chi connectivity index (χ3n) is 5.80. The number of carbonyl (C=O) groups is 2. The van der Waals surface area contributed by atoms with Crippen LogP contribution in [-0.2, 0) is 20.9 Å². The lowest BCUT2D eigenvalue weighted by Gasteiger charge is -2.23. The number of fused-ring (bicyclic) bond motifs is 1. The molecule has 3 aliphatic rings. The number of amides is 2. The van der Waals surface area contributed by atoms with Crippen molar-refractivity contribution in [1.82, 2.24) is 5.32 Å². The summed E-state index contributed by atoms with van der Waals surface area (Å²) in [7, 11) is 1.60. The van der Waals surface area contributed by atoms with Gasteiger partial charge in [-0.2, -0.15) is 0 Å². The molecule has 3 aliphatic heterocycles. The largest absolute Gasteiger partial charge is 0.497 e. The Hall–Kier alpha value is -3.06. The summed E-state index contributed by atoms with van der Waals surface area (Å²) < 4.78 is 16.6. The second-order valence-electron chi connectivity index (χ2n) is 7.32. The van der Waals surface area contributed by atoms with Gasteiger partial charge in [0.1, 0.15) is 17.1 Å². The van der Waals surface area contributed by atoms with E-state index in [4.69, 9.17) is 13.9 Å². The summed E-state index contributed by atoms with van der Waals surface area (Å²) >= 11 is 0. The maximum Gasteiger partial charge on any atom is 0.234 e. The Morgan fingerprint density at radius 1 is 1.32 bits per heavy atom. The number of furan rings is 1. The van der Waals surface area contributed by atoms with Gasteiger partial charge >= 0.3 is 0 Å². The summed E-state index contributed by atoms with van der Waals surface area (Å²) in [5.41, 5.74) is 0.0266. The van der Waals surface area contributed by atoms with Crippen LogP contribution < -0.4 is 15.0 Å². The lowest BCUT2D eigenvalue weighted by atomic mass is 9.77. The van der Waals surface area contributed by atoms with Crippen molar-refractivity contribution in [3.05, 3.63) is 60.6 Å². The number of benzene rings is 1. The number of methoxy groups -OCH3 is 1. The fraction of sp³-hybridized carbons (Fsp3) is 0.333. The van der Waals surface area contributed by atoms with Crippen molar-refractivity contribution in [2.75, 3.05) is 18.6 Å². The fourth-order valence-corrected chi connectivity index (χ4v) is 4.48. The third kappa shape index (κ3) is 2.46. The first-order valence-electron chi connectivity index (χ1n) is 9.24. The number of nitrogens with one attached hydrogen (secondary N) is 1. The van der Waals surface area contributed by atoms with E-state index in [-0.39, 0.29) is 24.5 Å². The lowest BCUT2D eigenvalue weighted by molar-refractivity contribution is -0.132. The Balaban J connectivity index is 1.38. The zero-order chi connectivity index (χ0) is 19.3. The van der Waals surface area contributed by atoms with Crippen molar-refractivity contribution < 1.29 is 23.5 Å². The van der Waals surface area contributed by atoms with Gasteiger partial charge in [-0.3, -0.25) is 9.59 Å². The molecule has 3 unspecified atom stereocenters. The molecule has 1 aromatic heterocycles. The molecule has 0 radical (unpaired) electrons. The second-order valence-corrected chi connectivity index (χ2v) is 7.32. The van der Waals surface area contributed by atoms with E-state index in [0.29, 0.717) is 12.3 Å². The van der Waals surface area contributed by atoms with E-state index in [1.54, 1.807) is 30.4 Å². The van der Waals surface area contributed by atoms with Gasteiger partial charge in [0, 0.05) is 5.69 Å². The molecule has 4 heterocycles. The standard InChI is InChI=1S/C21H20N2O5/c1-26-14-6-4-13(5-7-14)23-12-21-9-8-16(28-21)17(18(21)20(23)25)19(24)22-11-15-3-2-10-27-15/h2-10,16-18H,11-12H2,1H3,(H,22,24)/t16-,17?,18?,21?/m1/s1. The molecule has 2 saturated heterocycles. The predicted octanol–water partition coefficient (Wildman–Crippen LogP) is 1.89. The molecule has 0 saturated carbocycles. The fourth-order valence-electron chi connectivity index (χ4n) is 4.48. The molecule has 2 amide bonds. The number of ether oxygens (including phenoxy) is 2. The van der Waals surface area contributed by atoms with Gasteiger partial charge in [0.25, 0.3) is 0 Å². The smallest absolute Gasteiger partial charge is 0.234 e. The van der Waals surface area contributed by atoms with Crippen LogP contribution in [0.2, 0.25) is 0 Å². The van der Waals surface area contributed by atoms with Gasteiger partial charge in [-0.1, -0.05) is 12.2 Å². The van der Waals surface area contributed by atoms with Gasteiger partial charge < -0.3 is 24.1 Å². The summed E-state index contributed by atoms with van der Waals surface area (Å²) in [4.78, 5) is 27.8. The van der Waals surface area contributed by atoms with Gasteiger partial charge in [-0.05, 0) is 36.4 Å². The van der Waals surface area contributed by atoms with Crippen molar-refractivity contribution >= 4 is 17.5 Å². The van der Waals surface area contributed by atoms with E-state index >= 15 is 0 Å². The summed E-state index contributed by atoms with van der Waals surface area (Å²) in [6.07, 6.45) is 5.04. The Morgan fingerprint density at radius 2 is 2.14 bits per heavy atom. The molecule has 2 aromatic rings. The first-order valence-corrected chi connectivity index (χ1v) is 9.24. The number of hydrogen-bond acceptors (Lipinski definition) is 5. The van der Waals surface area contributed by atoms with Crippen LogP contribution in [-0.4, -0.2) is 37.2 Å². The van der Waals surface area contributed by atoms with Crippen LogP contribution in [0.25, 0.3) is 0 Å². The molecule has 1 aromatic carbocycles. The highest BCUT2D eigenvalue weighted by atomic mass is 16.5. The maximum absolute atomic E-state index is 13.3. The molecule has 7 heteroatoms. The molecule has 5 rings (SSSR count). The number of hydrogen-bond donors (Lipinski definition) is 1. The summed E-state index contributed by atoms with van der Waals surface area (Å²) in [6.45, 7) is 0.687.